The first-order chi connectivity index (χ1) is 34.0. The van der Waals surface area contributed by atoms with Crippen molar-refractivity contribution in [3.8, 4) is 0 Å². The van der Waals surface area contributed by atoms with Gasteiger partial charge in [0.2, 0.25) is 5.91 Å². The van der Waals surface area contributed by atoms with E-state index >= 15 is 0 Å². The third-order valence-electron chi connectivity index (χ3n) is 14.3. The number of hydrogen-bond acceptors (Lipinski definition) is 10. The van der Waals surface area contributed by atoms with E-state index in [1.165, 1.54) is 225 Å². The summed E-state index contributed by atoms with van der Waals surface area (Å²) in [5, 5.41) is 45.0. The Kier molecular flexibility index (Phi) is 45.4. The number of ether oxygens (including phenoxy) is 2. The number of carbonyl (C=O) groups excluding carboxylic acids is 1. The summed E-state index contributed by atoms with van der Waals surface area (Å²) in [5.74, 6) is -0.256. The number of hydrogen-bond donors (Lipinski definition) is 6. The Balaban J connectivity index is 2.35. The average Bonchev–Trinajstić information content (AvgIpc) is 3.33. The van der Waals surface area contributed by atoms with Crippen LogP contribution in [0.1, 0.15) is 290 Å². The normalized spacial score (nSPS) is 19.6. The Bertz CT molecular complexity index is 1290. The molecule has 6 N–H and O–H groups in total. The first-order valence-electron chi connectivity index (χ1n) is 29.6. The smallest absolute Gasteiger partial charge is 0.394 e. The van der Waals surface area contributed by atoms with E-state index in [0.29, 0.717) is 6.42 Å². The predicted molar refractivity (Wildman–Crippen MR) is 287 cm³/mol. The molecule has 1 amide bonds. The number of aliphatic hydroxyl groups excluding tert-OH is 4. The average molecular weight is 1020 g/mol. The van der Waals surface area contributed by atoms with Crippen molar-refractivity contribution in [2.75, 3.05) is 13.2 Å². The van der Waals surface area contributed by atoms with Crippen LogP contribution in [0.25, 0.3) is 0 Å². The molecule has 0 aromatic carbocycles. The summed E-state index contributed by atoms with van der Waals surface area (Å²) in [4.78, 5) is 13.1. The van der Waals surface area contributed by atoms with E-state index in [2.05, 4.69) is 23.3 Å². The van der Waals surface area contributed by atoms with Crippen molar-refractivity contribution in [1.29, 1.82) is 0 Å². The van der Waals surface area contributed by atoms with Gasteiger partial charge in [0.25, 0.3) is 0 Å². The maximum absolute atomic E-state index is 13.1. The van der Waals surface area contributed by atoms with Gasteiger partial charge in [0.05, 0.1) is 25.4 Å². The highest BCUT2D eigenvalue weighted by Gasteiger charge is 2.48. The predicted octanol–water partition coefficient (Wildman–Crippen LogP) is 13.8. The van der Waals surface area contributed by atoms with Gasteiger partial charge in [0, 0.05) is 6.42 Å². The molecule has 1 rings (SSSR count). The van der Waals surface area contributed by atoms with Gasteiger partial charge in [-0.2, -0.15) is 8.42 Å². The van der Waals surface area contributed by atoms with Crippen LogP contribution in [0.2, 0.25) is 0 Å². The van der Waals surface area contributed by atoms with Crippen LogP contribution >= 0.6 is 0 Å². The number of amides is 1. The molecule has 70 heavy (non-hydrogen) atoms. The molecule has 1 aliphatic heterocycles. The van der Waals surface area contributed by atoms with Crippen molar-refractivity contribution < 1.29 is 51.8 Å². The second kappa shape index (κ2) is 47.5. The zero-order valence-corrected chi connectivity index (χ0v) is 45.9. The van der Waals surface area contributed by atoms with Crippen LogP contribution < -0.4 is 5.32 Å². The first kappa shape index (κ1) is 66.9. The Morgan fingerprint density at radius 3 is 1.24 bits per heavy atom. The lowest BCUT2D eigenvalue weighted by Gasteiger charge is -2.41. The number of rotatable bonds is 52. The van der Waals surface area contributed by atoms with E-state index in [0.717, 1.165) is 38.5 Å². The van der Waals surface area contributed by atoms with Crippen molar-refractivity contribution in [3.05, 3.63) is 12.2 Å². The van der Waals surface area contributed by atoms with Crippen molar-refractivity contribution in [3.63, 3.8) is 0 Å². The summed E-state index contributed by atoms with van der Waals surface area (Å²) >= 11 is 0. The molecule has 0 radical (unpaired) electrons. The van der Waals surface area contributed by atoms with Crippen LogP contribution in [0, 0.1) is 0 Å². The molecule has 0 aromatic heterocycles. The molecule has 0 aromatic rings. The SMILES string of the molecule is CCCCCCCCCCCCCCCCCCCCCCCCC/C=C/C(O)C(COC1OC(CO)C(O)C(OS(=O)(=O)O)C1O)NC(=O)CCCCCCCCCCCCCCCCCCCC. The lowest BCUT2D eigenvalue weighted by atomic mass is 9.99. The first-order valence-corrected chi connectivity index (χ1v) is 30.9. The standard InChI is InChI=1S/C57H111NO11S/c1-3-5-7-9-11-13-15-17-19-21-23-24-25-26-27-28-29-30-32-34-36-38-40-42-44-46-51(60)50(49-67-57-55(63)56(69-70(64,65)66)54(62)52(48-59)68-57)58-53(61)47-45-43-41-39-37-35-33-31-22-20-18-16-14-12-10-8-6-4-2/h44,46,50-52,54-57,59-60,62-63H,3-43,45,47-49H2,1-2H3,(H,58,61)(H,64,65,66)/b46-44+. The van der Waals surface area contributed by atoms with E-state index in [1.54, 1.807) is 6.08 Å². The van der Waals surface area contributed by atoms with Gasteiger partial charge in [-0.1, -0.05) is 276 Å². The second-order valence-electron chi connectivity index (χ2n) is 20.9. The lowest BCUT2D eigenvalue weighted by molar-refractivity contribution is -0.298. The summed E-state index contributed by atoms with van der Waals surface area (Å²) < 4.78 is 47.9. The maximum atomic E-state index is 13.1. The van der Waals surface area contributed by atoms with Gasteiger partial charge < -0.3 is 35.2 Å². The van der Waals surface area contributed by atoms with Gasteiger partial charge in [-0.25, -0.2) is 4.18 Å². The largest absolute Gasteiger partial charge is 0.397 e. The molecule has 12 nitrogen and oxygen atoms in total. The zero-order chi connectivity index (χ0) is 51.2. The van der Waals surface area contributed by atoms with Crippen LogP contribution in [-0.2, 0) is 28.9 Å². The Morgan fingerprint density at radius 2 is 0.900 bits per heavy atom. The quantitative estimate of drug-likeness (QED) is 0.0193. The molecule has 1 heterocycles. The minimum absolute atomic E-state index is 0.256. The number of allylic oxidation sites excluding steroid dienone is 1. The third-order valence-corrected chi connectivity index (χ3v) is 14.8. The minimum Gasteiger partial charge on any atom is -0.394 e. The van der Waals surface area contributed by atoms with Gasteiger partial charge in [-0.3, -0.25) is 9.35 Å². The summed E-state index contributed by atoms with van der Waals surface area (Å²) in [6, 6.07) is -0.940. The fourth-order valence-electron chi connectivity index (χ4n) is 9.75. The molecule has 0 bridgehead atoms. The van der Waals surface area contributed by atoms with Gasteiger partial charge in [0.1, 0.15) is 24.4 Å². The van der Waals surface area contributed by atoms with Crippen LogP contribution in [0.5, 0.6) is 0 Å². The van der Waals surface area contributed by atoms with Gasteiger partial charge in [0.15, 0.2) is 6.29 Å². The minimum atomic E-state index is -5.09. The topological polar surface area (TPSA) is 192 Å². The highest BCUT2D eigenvalue weighted by molar-refractivity contribution is 7.80. The fraction of sp³-hybridized carbons (Fsp3) is 0.947. The van der Waals surface area contributed by atoms with Crippen molar-refractivity contribution in [1.82, 2.24) is 5.32 Å². The maximum Gasteiger partial charge on any atom is 0.397 e. The molecule has 0 spiro atoms. The van der Waals surface area contributed by atoms with Gasteiger partial charge >= 0.3 is 10.4 Å². The Labute approximate surface area is 430 Å². The highest BCUT2D eigenvalue weighted by Crippen LogP contribution is 2.26. The van der Waals surface area contributed by atoms with Gasteiger partial charge in [-0.15, -0.1) is 0 Å². The second-order valence-corrected chi connectivity index (χ2v) is 22.0. The number of unbranched alkanes of at least 4 members (excludes halogenated alkanes) is 40. The number of aliphatic hydroxyl groups is 4. The molecule has 1 fully saturated rings. The van der Waals surface area contributed by atoms with E-state index in [4.69, 9.17) is 9.47 Å². The molecule has 1 aliphatic rings. The Morgan fingerprint density at radius 1 is 0.557 bits per heavy atom. The zero-order valence-electron chi connectivity index (χ0n) is 45.1. The fourth-order valence-corrected chi connectivity index (χ4v) is 10.3. The van der Waals surface area contributed by atoms with Crippen LogP contribution in [0.4, 0.5) is 0 Å². The van der Waals surface area contributed by atoms with E-state index in [-0.39, 0.29) is 18.9 Å². The third kappa shape index (κ3) is 39.3. The summed E-state index contributed by atoms with van der Waals surface area (Å²) in [7, 11) is -5.09. The highest BCUT2D eigenvalue weighted by atomic mass is 32.3. The van der Waals surface area contributed by atoms with E-state index in [9.17, 15) is 38.2 Å². The van der Waals surface area contributed by atoms with Crippen molar-refractivity contribution in [2.45, 2.75) is 333 Å². The van der Waals surface area contributed by atoms with Crippen molar-refractivity contribution in [2.24, 2.45) is 0 Å². The molecule has 7 atom stereocenters. The van der Waals surface area contributed by atoms with E-state index in [1.807, 2.05) is 6.08 Å². The molecular formula is C57H111NO11S. The van der Waals surface area contributed by atoms with Crippen LogP contribution in [0.3, 0.4) is 0 Å². The van der Waals surface area contributed by atoms with E-state index < -0.39 is 59.9 Å². The molecule has 0 aliphatic carbocycles. The monoisotopic (exact) mass is 1020 g/mol. The van der Waals surface area contributed by atoms with Crippen LogP contribution in [0.15, 0.2) is 12.2 Å². The number of carbonyl (C=O) groups is 1. The van der Waals surface area contributed by atoms with Crippen molar-refractivity contribution >= 4 is 16.3 Å². The number of nitrogens with one attached hydrogen (secondary N) is 1. The summed E-state index contributed by atoms with van der Waals surface area (Å²) in [6.45, 7) is 3.44. The molecule has 416 valence electrons. The molecule has 0 saturated carbocycles. The molecule has 13 heteroatoms. The van der Waals surface area contributed by atoms with Crippen LogP contribution in [-0.4, -0.2) is 95.4 Å². The van der Waals surface area contributed by atoms with Gasteiger partial charge in [-0.05, 0) is 19.3 Å². The summed E-state index contributed by atoms with van der Waals surface area (Å²) in [6.07, 6.45) is 48.3. The molecular weight excluding hydrogens is 907 g/mol. The summed E-state index contributed by atoms with van der Waals surface area (Å²) in [5.41, 5.74) is 0. The Hall–Kier alpha value is -1.16. The molecule has 7 unspecified atom stereocenters. The molecule has 1 saturated heterocycles. The lowest BCUT2D eigenvalue weighted by Crippen LogP contribution is -2.61.